The minimum atomic E-state index is -0.648. The van der Waals surface area contributed by atoms with Crippen molar-refractivity contribution in [2.75, 3.05) is 0 Å². The summed E-state index contributed by atoms with van der Waals surface area (Å²) in [4.78, 5) is 16.7. The number of halogens is 2. The second-order valence-electron chi connectivity index (χ2n) is 6.59. The van der Waals surface area contributed by atoms with Gasteiger partial charge in [-0.2, -0.15) is 0 Å². The first-order chi connectivity index (χ1) is 12.8. The Morgan fingerprint density at radius 2 is 1.78 bits per heavy atom. The molecule has 6 heteroatoms. The van der Waals surface area contributed by atoms with Gasteiger partial charge in [0, 0.05) is 11.1 Å². The summed E-state index contributed by atoms with van der Waals surface area (Å²) in [6.45, 7) is 6.95. The van der Waals surface area contributed by atoms with Crippen molar-refractivity contribution in [2.45, 2.75) is 33.7 Å². The molecule has 27 heavy (non-hydrogen) atoms. The lowest BCUT2D eigenvalue weighted by Gasteiger charge is -2.14. The van der Waals surface area contributed by atoms with Gasteiger partial charge >= 0.3 is 0 Å². The largest absolute Gasteiger partial charge is 0.444 e. The molecule has 0 spiro atoms. The third-order valence-electron chi connectivity index (χ3n) is 4.72. The van der Waals surface area contributed by atoms with Gasteiger partial charge in [0.25, 0.3) is 5.91 Å². The first-order valence-corrected chi connectivity index (χ1v) is 8.56. The molecule has 1 amide bonds. The van der Waals surface area contributed by atoms with Crippen molar-refractivity contribution in [2.24, 2.45) is 0 Å². The minimum Gasteiger partial charge on any atom is -0.444 e. The normalized spacial score (nSPS) is 12.1. The van der Waals surface area contributed by atoms with E-state index < -0.39 is 23.6 Å². The SMILES string of the molecule is Cc1cccc(-c2nc(C(=O)N[C@H](C)c3cc(F)c(C)c(F)c3)co2)c1C. The number of aromatic nitrogens is 1. The topological polar surface area (TPSA) is 55.1 Å². The van der Waals surface area contributed by atoms with E-state index in [0.29, 0.717) is 11.5 Å². The van der Waals surface area contributed by atoms with Crippen LogP contribution in [0, 0.1) is 32.4 Å². The third kappa shape index (κ3) is 3.74. The van der Waals surface area contributed by atoms with E-state index in [2.05, 4.69) is 10.3 Å². The highest BCUT2D eigenvalue weighted by molar-refractivity contribution is 5.92. The zero-order valence-electron chi connectivity index (χ0n) is 15.6. The molecule has 1 aromatic heterocycles. The zero-order valence-corrected chi connectivity index (χ0v) is 15.6. The van der Waals surface area contributed by atoms with Gasteiger partial charge in [-0.3, -0.25) is 4.79 Å². The quantitative estimate of drug-likeness (QED) is 0.700. The number of nitrogens with zero attached hydrogens (tertiary/aromatic N) is 1. The van der Waals surface area contributed by atoms with E-state index in [1.54, 1.807) is 6.92 Å². The summed E-state index contributed by atoms with van der Waals surface area (Å²) < 4.78 is 32.9. The van der Waals surface area contributed by atoms with Crippen LogP contribution < -0.4 is 5.32 Å². The molecule has 1 heterocycles. The Morgan fingerprint density at radius 1 is 1.11 bits per heavy atom. The highest BCUT2D eigenvalue weighted by Gasteiger charge is 2.19. The Balaban J connectivity index is 1.79. The molecule has 140 valence electrons. The number of nitrogens with one attached hydrogen (secondary N) is 1. The maximum absolute atomic E-state index is 13.7. The molecule has 3 rings (SSSR count). The van der Waals surface area contributed by atoms with E-state index in [-0.39, 0.29) is 11.3 Å². The lowest BCUT2D eigenvalue weighted by atomic mass is 10.0. The van der Waals surface area contributed by atoms with Gasteiger partial charge < -0.3 is 9.73 Å². The lowest BCUT2D eigenvalue weighted by Crippen LogP contribution is -2.27. The summed E-state index contributed by atoms with van der Waals surface area (Å²) in [5, 5.41) is 2.68. The predicted octanol–water partition coefficient (Wildman–Crippen LogP) is 5.04. The van der Waals surface area contributed by atoms with Crippen LogP contribution in [0.4, 0.5) is 8.78 Å². The third-order valence-corrected chi connectivity index (χ3v) is 4.72. The van der Waals surface area contributed by atoms with Crippen LogP contribution in [0.15, 0.2) is 41.0 Å². The molecule has 0 aliphatic heterocycles. The molecule has 2 aromatic carbocycles. The molecule has 0 bridgehead atoms. The van der Waals surface area contributed by atoms with Gasteiger partial charge in [0.2, 0.25) is 5.89 Å². The Kier molecular flexibility index (Phi) is 5.08. The maximum atomic E-state index is 13.7. The van der Waals surface area contributed by atoms with E-state index in [4.69, 9.17) is 4.42 Å². The molecule has 0 aliphatic carbocycles. The van der Waals surface area contributed by atoms with Crippen LogP contribution in [0.5, 0.6) is 0 Å². The van der Waals surface area contributed by atoms with Gasteiger partial charge in [-0.15, -0.1) is 0 Å². The van der Waals surface area contributed by atoms with Gasteiger partial charge in [-0.05, 0) is 62.6 Å². The molecule has 0 radical (unpaired) electrons. The van der Waals surface area contributed by atoms with Gasteiger partial charge in [-0.1, -0.05) is 12.1 Å². The molecule has 1 N–H and O–H groups in total. The Labute approximate surface area is 156 Å². The fourth-order valence-electron chi connectivity index (χ4n) is 2.75. The molecule has 0 unspecified atom stereocenters. The van der Waals surface area contributed by atoms with Crippen LogP contribution in [-0.4, -0.2) is 10.9 Å². The summed E-state index contributed by atoms with van der Waals surface area (Å²) in [6, 6.07) is 7.58. The Hall–Kier alpha value is -3.02. The number of oxazole rings is 1. The predicted molar refractivity (Wildman–Crippen MR) is 98.4 cm³/mol. The van der Waals surface area contributed by atoms with Gasteiger partial charge in [0.15, 0.2) is 5.69 Å². The molecule has 1 atom stereocenters. The van der Waals surface area contributed by atoms with E-state index in [0.717, 1.165) is 16.7 Å². The fraction of sp³-hybridized carbons (Fsp3) is 0.238. The van der Waals surface area contributed by atoms with E-state index in [1.165, 1.54) is 25.3 Å². The van der Waals surface area contributed by atoms with Crippen LogP contribution in [0.1, 0.15) is 45.7 Å². The molecular weight excluding hydrogens is 350 g/mol. The van der Waals surface area contributed by atoms with Crippen LogP contribution in [0.25, 0.3) is 11.5 Å². The molecule has 0 saturated heterocycles. The molecule has 0 fully saturated rings. The maximum Gasteiger partial charge on any atom is 0.273 e. The lowest BCUT2D eigenvalue weighted by molar-refractivity contribution is 0.0934. The van der Waals surface area contributed by atoms with Crippen molar-refractivity contribution >= 4 is 5.91 Å². The highest BCUT2D eigenvalue weighted by Crippen LogP contribution is 2.25. The van der Waals surface area contributed by atoms with Crippen molar-refractivity contribution in [1.82, 2.24) is 10.3 Å². The van der Waals surface area contributed by atoms with Crippen LogP contribution >= 0.6 is 0 Å². The molecule has 0 aliphatic rings. The number of rotatable bonds is 4. The number of amides is 1. The number of benzene rings is 2. The highest BCUT2D eigenvalue weighted by atomic mass is 19.1. The van der Waals surface area contributed by atoms with Crippen LogP contribution in [-0.2, 0) is 0 Å². The second kappa shape index (κ2) is 7.31. The number of carbonyl (C=O) groups excluding carboxylic acids is 1. The van der Waals surface area contributed by atoms with Crippen molar-refractivity contribution in [3.8, 4) is 11.5 Å². The average Bonchev–Trinajstić information content (AvgIpc) is 3.11. The zero-order chi connectivity index (χ0) is 19.7. The summed E-state index contributed by atoms with van der Waals surface area (Å²) in [7, 11) is 0. The Morgan fingerprint density at radius 3 is 2.44 bits per heavy atom. The fourth-order valence-corrected chi connectivity index (χ4v) is 2.75. The Bertz CT molecular complexity index is 988. The van der Waals surface area contributed by atoms with Crippen molar-refractivity contribution in [3.05, 3.63) is 76.2 Å². The number of hydrogen-bond donors (Lipinski definition) is 1. The van der Waals surface area contributed by atoms with Crippen molar-refractivity contribution in [1.29, 1.82) is 0 Å². The summed E-state index contributed by atoms with van der Waals surface area (Å²) in [5.41, 5.74) is 3.31. The average molecular weight is 370 g/mol. The number of hydrogen-bond acceptors (Lipinski definition) is 3. The number of carbonyl (C=O) groups is 1. The number of aryl methyl sites for hydroxylation is 1. The van der Waals surface area contributed by atoms with E-state index in [1.807, 2.05) is 32.0 Å². The van der Waals surface area contributed by atoms with Gasteiger partial charge in [0.05, 0.1) is 6.04 Å². The van der Waals surface area contributed by atoms with E-state index >= 15 is 0 Å². The molecule has 3 aromatic rings. The first-order valence-electron chi connectivity index (χ1n) is 8.56. The summed E-state index contributed by atoms with van der Waals surface area (Å²) >= 11 is 0. The summed E-state index contributed by atoms with van der Waals surface area (Å²) in [6.07, 6.45) is 1.27. The van der Waals surface area contributed by atoms with Gasteiger partial charge in [0.1, 0.15) is 17.9 Å². The first kappa shape index (κ1) is 18.8. The van der Waals surface area contributed by atoms with Crippen molar-refractivity contribution in [3.63, 3.8) is 0 Å². The minimum absolute atomic E-state index is 0.0491. The van der Waals surface area contributed by atoms with Crippen molar-refractivity contribution < 1.29 is 18.0 Å². The standard InChI is InChI=1S/C21H20F2N2O2/c1-11-6-5-7-16(12(11)2)21-25-19(10-27-21)20(26)24-14(4)15-8-17(22)13(3)18(23)9-15/h5-10,14H,1-4H3,(H,24,26)/t14-/m1/s1. The smallest absolute Gasteiger partial charge is 0.273 e. The van der Waals surface area contributed by atoms with Crippen LogP contribution in [0.3, 0.4) is 0 Å². The second-order valence-corrected chi connectivity index (χ2v) is 6.59. The molecule has 0 saturated carbocycles. The van der Waals surface area contributed by atoms with E-state index in [9.17, 15) is 13.6 Å². The van der Waals surface area contributed by atoms with Crippen LogP contribution in [0.2, 0.25) is 0 Å². The molecule has 4 nitrogen and oxygen atoms in total. The molecular formula is C21H20F2N2O2. The van der Waals surface area contributed by atoms with Gasteiger partial charge in [-0.25, -0.2) is 13.8 Å². The monoisotopic (exact) mass is 370 g/mol. The summed E-state index contributed by atoms with van der Waals surface area (Å²) in [5.74, 6) is -1.43.